The van der Waals surface area contributed by atoms with Gasteiger partial charge in [-0.2, -0.15) is 0 Å². The Balaban J connectivity index is 2.11. The summed E-state index contributed by atoms with van der Waals surface area (Å²) >= 11 is 1.18. The Bertz CT molecular complexity index is 595. The van der Waals surface area contributed by atoms with Gasteiger partial charge in [0.2, 0.25) is 0 Å². The van der Waals surface area contributed by atoms with Gasteiger partial charge in [0.1, 0.15) is 4.90 Å². The first-order chi connectivity index (χ1) is 9.04. The van der Waals surface area contributed by atoms with Gasteiger partial charge < -0.3 is 0 Å². The van der Waals surface area contributed by atoms with Crippen LogP contribution in [0.1, 0.15) is 5.56 Å². The number of aromatic nitrogens is 1. The van der Waals surface area contributed by atoms with Crippen LogP contribution < -0.4 is 0 Å². The molecule has 1 nitrogen and oxygen atoms in total. The number of benzene rings is 1. The lowest BCUT2D eigenvalue weighted by molar-refractivity contribution is 0.363. The first kappa shape index (κ1) is 15.1. The maximum Gasteiger partial charge on any atom is 0.311 e. The van der Waals surface area contributed by atoms with Crippen molar-refractivity contribution in [2.24, 2.45) is 0 Å². The summed E-state index contributed by atoms with van der Waals surface area (Å²) in [7, 11) is -9.62. The fourth-order valence-corrected chi connectivity index (χ4v) is 2.79. The number of hydrogen-bond donors (Lipinski definition) is 0. The molecule has 0 saturated heterocycles. The van der Waals surface area contributed by atoms with Crippen molar-refractivity contribution in [2.75, 3.05) is 0 Å². The molecule has 1 aromatic heterocycles. The fraction of sp³-hybridized carbons (Fsp3) is 0.0833. The predicted octanol–water partition coefficient (Wildman–Crippen LogP) is 6.03. The summed E-state index contributed by atoms with van der Waals surface area (Å²) in [5.74, 6) is 0.504. The molecule has 0 amide bonds. The van der Waals surface area contributed by atoms with Gasteiger partial charge in [0.05, 0.1) is 11.2 Å². The van der Waals surface area contributed by atoms with Crippen molar-refractivity contribution < 1.29 is 19.4 Å². The number of nitrogens with zero attached hydrogens (tertiary/aromatic N) is 1. The molecule has 20 heavy (non-hydrogen) atoms. The monoisotopic (exact) mass is 327 g/mol. The molecule has 0 spiro atoms. The third-order valence-electron chi connectivity index (χ3n) is 2.38. The number of thioether (sulfide) groups is 1. The zero-order valence-corrected chi connectivity index (χ0v) is 11.6. The van der Waals surface area contributed by atoms with Gasteiger partial charge >= 0.3 is 10.2 Å². The Labute approximate surface area is 116 Å². The minimum Gasteiger partial charge on any atom is -0.248 e. The van der Waals surface area contributed by atoms with Gasteiger partial charge in [-0.05, 0) is 17.7 Å². The largest absolute Gasteiger partial charge is 0.311 e. The van der Waals surface area contributed by atoms with Crippen LogP contribution in [0.2, 0.25) is 0 Å². The second-order valence-corrected chi connectivity index (χ2v) is 7.48. The van der Waals surface area contributed by atoms with Crippen molar-refractivity contribution in [3.05, 3.63) is 54.2 Å². The lowest BCUT2D eigenvalue weighted by atomic mass is 10.2. The first-order valence-corrected chi connectivity index (χ1v) is 8.35. The molecule has 0 radical (unpaired) electrons. The molecule has 0 fully saturated rings. The van der Waals surface area contributed by atoms with Gasteiger partial charge in [0, 0.05) is 5.75 Å². The SMILES string of the molecule is FS(F)(F)(F)(F)c1ccc(SCc2ccccc2)nc1. The summed E-state index contributed by atoms with van der Waals surface area (Å²) in [4.78, 5) is 1.48. The van der Waals surface area contributed by atoms with E-state index in [0.717, 1.165) is 11.6 Å². The Morgan fingerprint density at radius 3 is 2.05 bits per heavy atom. The summed E-state index contributed by atoms with van der Waals surface area (Å²) < 4.78 is 62.4. The Morgan fingerprint density at radius 1 is 0.900 bits per heavy atom. The highest BCUT2D eigenvalue weighted by Gasteiger charge is 2.65. The average Bonchev–Trinajstić information content (AvgIpc) is 2.35. The highest BCUT2D eigenvalue weighted by molar-refractivity contribution is 8.45. The summed E-state index contributed by atoms with van der Waals surface area (Å²) in [6.45, 7) is 0. The molecule has 110 valence electrons. The van der Waals surface area contributed by atoms with Crippen LogP contribution in [0.3, 0.4) is 0 Å². The second kappa shape index (κ2) is 4.36. The number of halogens is 5. The normalized spacial score (nSPS) is 15.4. The molecule has 0 aliphatic heterocycles. The van der Waals surface area contributed by atoms with E-state index in [1.165, 1.54) is 11.8 Å². The van der Waals surface area contributed by atoms with Gasteiger partial charge in [0.25, 0.3) is 0 Å². The van der Waals surface area contributed by atoms with Gasteiger partial charge in [0.15, 0.2) is 0 Å². The average molecular weight is 327 g/mol. The number of hydrogen-bond acceptors (Lipinski definition) is 2. The highest BCUT2D eigenvalue weighted by Crippen LogP contribution is 3.02. The quantitative estimate of drug-likeness (QED) is 0.502. The lowest BCUT2D eigenvalue weighted by Gasteiger charge is -2.40. The molecule has 0 unspecified atom stereocenters. The molecule has 8 heteroatoms. The molecular formula is C12H10F5NS2. The summed E-state index contributed by atoms with van der Waals surface area (Å²) in [5, 5.41) is 0.263. The Morgan fingerprint density at radius 2 is 1.55 bits per heavy atom. The maximum atomic E-state index is 12.5. The van der Waals surface area contributed by atoms with E-state index in [4.69, 9.17) is 0 Å². The van der Waals surface area contributed by atoms with Gasteiger partial charge in [-0.15, -0.1) is 11.8 Å². The topological polar surface area (TPSA) is 12.9 Å². The molecule has 0 saturated carbocycles. The van der Waals surface area contributed by atoms with Crippen molar-refractivity contribution in [1.82, 2.24) is 4.98 Å². The van der Waals surface area contributed by atoms with E-state index in [2.05, 4.69) is 4.98 Å². The molecule has 2 aromatic rings. The van der Waals surface area contributed by atoms with Crippen LogP contribution in [0.4, 0.5) is 19.4 Å². The van der Waals surface area contributed by atoms with Crippen LogP contribution in [0.15, 0.2) is 58.6 Å². The molecule has 2 rings (SSSR count). The van der Waals surface area contributed by atoms with E-state index in [9.17, 15) is 19.4 Å². The number of pyridine rings is 1. The molecule has 0 atom stereocenters. The van der Waals surface area contributed by atoms with Crippen LogP contribution in [-0.4, -0.2) is 4.98 Å². The highest BCUT2D eigenvalue weighted by atomic mass is 32.5. The second-order valence-electron chi connectivity index (χ2n) is 4.08. The molecule has 0 aliphatic carbocycles. The van der Waals surface area contributed by atoms with Crippen LogP contribution in [0, 0.1) is 0 Å². The zero-order chi connectivity index (χ0) is 14.9. The predicted molar refractivity (Wildman–Crippen MR) is 71.6 cm³/mol. The van der Waals surface area contributed by atoms with Crippen molar-refractivity contribution >= 4 is 22.0 Å². The van der Waals surface area contributed by atoms with Gasteiger partial charge in [-0.25, -0.2) is 4.98 Å². The smallest absolute Gasteiger partial charge is 0.248 e. The van der Waals surface area contributed by atoms with Crippen molar-refractivity contribution in [3.63, 3.8) is 0 Å². The Hall–Kier alpha value is -1.28. The minimum absolute atomic E-state index is 0.189. The van der Waals surface area contributed by atoms with E-state index in [1.807, 2.05) is 30.3 Å². The Kier molecular flexibility index (Phi) is 3.29. The van der Waals surface area contributed by atoms with Crippen molar-refractivity contribution in [3.8, 4) is 0 Å². The molecular weight excluding hydrogens is 317 g/mol. The molecule has 0 bridgehead atoms. The molecule has 1 heterocycles. The summed E-state index contributed by atoms with van der Waals surface area (Å²) in [6, 6.07) is 10.6. The van der Waals surface area contributed by atoms with Crippen LogP contribution in [0.5, 0.6) is 0 Å². The maximum absolute atomic E-state index is 12.5. The minimum atomic E-state index is -9.62. The third kappa shape index (κ3) is 4.11. The van der Waals surface area contributed by atoms with Gasteiger partial charge in [-0.3, -0.25) is 0 Å². The molecule has 0 aliphatic rings. The van der Waals surface area contributed by atoms with Crippen molar-refractivity contribution in [1.29, 1.82) is 0 Å². The van der Waals surface area contributed by atoms with Crippen LogP contribution in [0.25, 0.3) is 0 Å². The summed E-state index contributed by atoms with van der Waals surface area (Å²) in [5.41, 5.74) is 0.969. The van der Waals surface area contributed by atoms with Crippen LogP contribution in [-0.2, 0) is 5.75 Å². The summed E-state index contributed by atoms with van der Waals surface area (Å²) in [6.07, 6.45) is 0.189. The van der Waals surface area contributed by atoms with Crippen LogP contribution >= 0.6 is 22.0 Å². The fourth-order valence-electron chi connectivity index (χ4n) is 1.41. The lowest BCUT2D eigenvalue weighted by Crippen LogP contribution is -2.06. The van der Waals surface area contributed by atoms with E-state index >= 15 is 0 Å². The third-order valence-corrected chi connectivity index (χ3v) is 4.53. The first-order valence-electron chi connectivity index (χ1n) is 5.41. The molecule has 1 aromatic carbocycles. The number of rotatable bonds is 4. The van der Waals surface area contributed by atoms with Gasteiger partial charge in [-0.1, -0.05) is 49.8 Å². The zero-order valence-electron chi connectivity index (χ0n) is 9.98. The van der Waals surface area contributed by atoms with Crippen molar-refractivity contribution in [2.45, 2.75) is 15.7 Å². The van der Waals surface area contributed by atoms with E-state index < -0.39 is 15.1 Å². The van der Waals surface area contributed by atoms with E-state index in [0.29, 0.717) is 11.8 Å². The van der Waals surface area contributed by atoms with E-state index in [-0.39, 0.29) is 11.2 Å². The molecule has 0 N–H and O–H groups in total. The van der Waals surface area contributed by atoms with E-state index in [1.54, 1.807) is 0 Å². The standard InChI is InChI=1S/C12H10F5NS2/c13-20(14,15,16,17)11-6-7-12(18-8-11)19-9-10-4-2-1-3-5-10/h1-8H,9H2.